The zero-order valence-electron chi connectivity index (χ0n) is 17.6. The highest BCUT2D eigenvalue weighted by molar-refractivity contribution is 6.05. The van der Waals surface area contributed by atoms with Gasteiger partial charge in [-0.15, -0.1) is 0 Å². The van der Waals surface area contributed by atoms with Crippen molar-refractivity contribution in [3.05, 3.63) is 94.8 Å². The standard InChI is InChI=1S/C25H23F2N3O2/c1-16-7-9-21(24(31)29-19-5-3-2-4-6-19)23(28-16)17-11-13-30(14-12-17)25(32)20-10-8-18(26)15-22(20)27/h2-10,15,17H,11-14H2,1H3,(H,29,31). The first-order valence-electron chi connectivity index (χ1n) is 10.5. The largest absolute Gasteiger partial charge is 0.339 e. The van der Waals surface area contributed by atoms with Gasteiger partial charge in [0.1, 0.15) is 11.6 Å². The molecule has 0 bridgehead atoms. The van der Waals surface area contributed by atoms with E-state index in [0.29, 0.717) is 48.9 Å². The van der Waals surface area contributed by atoms with Crippen molar-refractivity contribution in [3.63, 3.8) is 0 Å². The third-order valence-corrected chi connectivity index (χ3v) is 5.67. The molecular formula is C25H23F2N3O2. The van der Waals surface area contributed by atoms with E-state index in [1.165, 1.54) is 6.07 Å². The Morgan fingerprint density at radius 1 is 0.969 bits per heavy atom. The molecule has 7 heteroatoms. The second-order valence-corrected chi connectivity index (χ2v) is 7.90. The number of rotatable bonds is 4. The van der Waals surface area contributed by atoms with Crippen LogP contribution in [0.1, 0.15) is 50.9 Å². The summed E-state index contributed by atoms with van der Waals surface area (Å²) in [6, 6.07) is 15.8. The number of amides is 2. The minimum absolute atomic E-state index is 0.00598. The lowest BCUT2D eigenvalue weighted by atomic mass is 9.89. The lowest BCUT2D eigenvalue weighted by Crippen LogP contribution is -2.38. The smallest absolute Gasteiger partial charge is 0.257 e. The monoisotopic (exact) mass is 435 g/mol. The van der Waals surface area contributed by atoms with Crippen LogP contribution in [0.5, 0.6) is 0 Å². The maximum Gasteiger partial charge on any atom is 0.257 e. The molecule has 1 saturated heterocycles. The number of aromatic nitrogens is 1. The second-order valence-electron chi connectivity index (χ2n) is 7.90. The first-order valence-corrected chi connectivity index (χ1v) is 10.5. The average molecular weight is 435 g/mol. The summed E-state index contributed by atoms with van der Waals surface area (Å²) in [4.78, 5) is 31.8. The van der Waals surface area contributed by atoms with E-state index >= 15 is 0 Å². The molecule has 32 heavy (non-hydrogen) atoms. The number of benzene rings is 2. The first-order chi connectivity index (χ1) is 15.4. The van der Waals surface area contributed by atoms with Crippen molar-refractivity contribution in [1.29, 1.82) is 0 Å². The van der Waals surface area contributed by atoms with Crippen molar-refractivity contribution in [2.45, 2.75) is 25.7 Å². The van der Waals surface area contributed by atoms with Gasteiger partial charge in [0.25, 0.3) is 11.8 Å². The van der Waals surface area contributed by atoms with E-state index in [0.717, 1.165) is 11.8 Å². The van der Waals surface area contributed by atoms with Gasteiger partial charge < -0.3 is 10.2 Å². The molecule has 4 rings (SSSR count). The summed E-state index contributed by atoms with van der Waals surface area (Å²) in [5, 5.41) is 2.90. The molecule has 1 aliphatic heterocycles. The van der Waals surface area contributed by atoms with Gasteiger partial charge in [-0.05, 0) is 56.2 Å². The third kappa shape index (κ3) is 4.66. The van der Waals surface area contributed by atoms with Gasteiger partial charge in [0.15, 0.2) is 0 Å². The van der Waals surface area contributed by atoms with E-state index in [1.54, 1.807) is 17.0 Å². The van der Waals surface area contributed by atoms with Crippen molar-refractivity contribution >= 4 is 17.5 Å². The molecule has 2 aromatic carbocycles. The van der Waals surface area contributed by atoms with Crippen LogP contribution in [0.3, 0.4) is 0 Å². The van der Waals surface area contributed by atoms with E-state index in [2.05, 4.69) is 10.3 Å². The number of hydrogen-bond donors (Lipinski definition) is 1. The molecule has 2 amide bonds. The Balaban J connectivity index is 1.49. The van der Waals surface area contributed by atoms with Gasteiger partial charge in [0.2, 0.25) is 0 Å². The number of aryl methyl sites for hydroxylation is 1. The zero-order valence-corrected chi connectivity index (χ0v) is 17.6. The summed E-state index contributed by atoms with van der Waals surface area (Å²) in [5.41, 5.74) is 2.59. The zero-order chi connectivity index (χ0) is 22.7. The van der Waals surface area contributed by atoms with Crippen LogP contribution in [0, 0.1) is 18.6 Å². The maximum atomic E-state index is 14.0. The van der Waals surface area contributed by atoms with Gasteiger partial charge in [-0.25, -0.2) is 8.78 Å². The number of nitrogens with zero attached hydrogens (tertiary/aromatic N) is 2. The predicted molar refractivity (Wildman–Crippen MR) is 118 cm³/mol. The Hall–Kier alpha value is -3.61. The average Bonchev–Trinajstić information content (AvgIpc) is 2.79. The van der Waals surface area contributed by atoms with Crippen LogP contribution in [-0.2, 0) is 0 Å². The SMILES string of the molecule is Cc1ccc(C(=O)Nc2ccccc2)c(C2CCN(C(=O)c3ccc(F)cc3F)CC2)n1. The normalized spacial score (nSPS) is 14.3. The number of piperidine rings is 1. The molecule has 164 valence electrons. The number of carbonyl (C=O) groups is 2. The number of para-hydroxylation sites is 1. The molecular weight excluding hydrogens is 412 g/mol. The van der Waals surface area contributed by atoms with Gasteiger partial charge in [0, 0.05) is 36.5 Å². The van der Waals surface area contributed by atoms with E-state index < -0.39 is 17.5 Å². The van der Waals surface area contributed by atoms with E-state index in [1.807, 2.05) is 37.3 Å². The number of nitrogens with one attached hydrogen (secondary N) is 1. The molecule has 0 atom stereocenters. The molecule has 2 heterocycles. The molecule has 0 unspecified atom stereocenters. The molecule has 0 saturated carbocycles. The predicted octanol–water partition coefficient (Wildman–Crippen LogP) is 4.94. The number of anilines is 1. The molecule has 5 nitrogen and oxygen atoms in total. The van der Waals surface area contributed by atoms with Crippen LogP contribution in [-0.4, -0.2) is 34.8 Å². The minimum atomic E-state index is -0.864. The third-order valence-electron chi connectivity index (χ3n) is 5.67. The molecule has 0 aliphatic carbocycles. The highest BCUT2D eigenvalue weighted by Gasteiger charge is 2.29. The lowest BCUT2D eigenvalue weighted by molar-refractivity contribution is 0.0706. The highest BCUT2D eigenvalue weighted by atomic mass is 19.1. The Morgan fingerprint density at radius 3 is 2.34 bits per heavy atom. The fraction of sp³-hybridized carbons (Fsp3) is 0.240. The molecule has 0 spiro atoms. The molecule has 1 aromatic heterocycles. The van der Waals surface area contributed by atoms with Crippen molar-refractivity contribution in [1.82, 2.24) is 9.88 Å². The number of halogens is 2. The lowest BCUT2D eigenvalue weighted by Gasteiger charge is -2.32. The minimum Gasteiger partial charge on any atom is -0.339 e. The van der Waals surface area contributed by atoms with Crippen LogP contribution in [0.15, 0.2) is 60.7 Å². The van der Waals surface area contributed by atoms with Crippen molar-refractivity contribution < 1.29 is 18.4 Å². The van der Waals surface area contributed by atoms with Crippen molar-refractivity contribution in [2.24, 2.45) is 0 Å². The number of hydrogen-bond acceptors (Lipinski definition) is 3. The van der Waals surface area contributed by atoms with Gasteiger partial charge in [-0.3, -0.25) is 14.6 Å². The van der Waals surface area contributed by atoms with E-state index in [4.69, 9.17) is 0 Å². The summed E-state index contributed by atoms with van der Waals surface area (Å²) >= 11 is 0. The fourth-order valence-corrected chi connectivity index (χ4v) is 3.99. The fourth-order valence-electron chi connectivity index (χ4n) is 3.99. The van der Waals surface area contributed by atoms with E-state index in [9.17, 15) is 18.4 Å². The number of pyridine rings is 1. The molecule has 3 aromatic rings. The van der Waals surface area contributed by atoms with Crippen molar-refractivity contribution in [2.75, 3.05) is 18.4 Å². The quantitative estimate of drug-likeness (QED) is 0.631. The van der Waals surface area contributed by atoms with Crippen LogP contribution < -0.4 is 5.32 Å². The van der Waals surface area contributed by atoms with Crippen LogP contribution in [0.25, 0.3) is 0 Å². The first kappa shape index (κ1) is 21.6. The second kappa shape index (κ2) is 9.26. The van der Waals surface area contributed by atoms with Gasteiger partial charge in [-0.2, -0.15) is 0 Å². The van der Waals surface area contributed by atoms with Crippen LogP contribution in [0.4, 0.5) is 14.5 Å². The maximum absolute atomic E-state index is 14.0. The van der Waals surface area contributed by atoms with Gasteiger partial charge in [-0.1, -0.05) is 18.2 Å². The van der Waals surface area contributed by atoms with Gasteiger partial charge >= 0.3 is 0 Å². The molecule has 1 aliphatic rings. The summed E-state index contributed by atoms with van der Waals surface area (Å²) in [5.74, 6) is -2.28. The Kier molecular flexibility index (Phi) is 6.25. The van der Waals surface area contributed by atoms with Gasteiger partial charge in [0.05, 0.1) is 16.8 Å². The summed E-state index contributed by atoms with van der Waals surface area (Å²) < 4.78 is 27.2. The molecule has 1 N–H and O–H groups in total. The topological polar surface area (TPSA) is 62.3 Å². The summed E-state index contributed by atoms with van der Waals surface area (Å²) in [6.07, 6.45) is 1.19. The Labute approximate surface area is 185 Å². The van der Waals surface area contributed by atoms with E-state index in [-0.39, 0.29) is 17.4 Å². The summed E-state index contributed by atoms with van der Waals surface area (Å²) in [7, 11) is 0. The summed E-state index contributed by atoms with van der Waals surface area (Å²) in [6.45, 7) is 2.67. The van der Waals surface area contributed by atoms with Crippen LogP contribution >= 0.6 is 0 Å². The highest BCUT2D eigenvalue weighted by Crippen LogP contribution is 2.30. The molecule has 0 radical (unpaired) electrons. The Morgan fingerprint density at radius 2 is 1.66 bits per heavy atom. The van der Waals surface area contributed by atoms with Crippen LogP contribution in [0.2, 0.25) is 0 Å². The number of carbonyl (C=O) groups excluding carboxylic acids is 2. The molecule has 1 fully saturated rings. The van der Waals surface area contributed by atoms with Crippen molar-refractivity contribution in [3.8, 4) is 0 Å². The Bertz CT molecular complexity index is 1140. The number of likely N-dealkylation sites (tertiary alicyclic amines) is 1.